The minimum Gasteiger partial charge on any atom is -0.508 e. The Morgan fingerprint density at radius 2 is 1.92 bits per heavy atom. The first kappa shape index (κ1) is 18.4. The zero-order chi connectivity index (χ0) is 18.4. The van der Waals surface area contributed by atoms with E-state index < -0.39 is 18.8 Å². The first-order valence-electron chi connectivity index (χ1n) is 7.33. The zero-order valence-corrected chi connectivity index (χ0v) is 13.4. The van der Waals surface area contributed by atoms with Gasteiger partial charge in [-0.1, -0.05) is 24.3 Å². The van der Waals surface area contributed by atoms with E-state index in [1.165, 1.54) is 42.3 Å². The second-order valence-electron chi connectivity index (χ2n) is 5.35. The van der Waals surface area contributed by atoms with Crippen molar-refractivity contribution in [2.24, 2.45) is 0 Å². The van der Waals surface area contributed by atoms with Crippen LogP contribution in [0.4, 0.5) is 23.7 Å². The minimum absolute atomic E-state index is 0.00141. The van der Waals surface area contributed by atoms with E-state index in [2.05, 4.69) is 10.1 Å². The number of rotatable bonds is 5. The molecule has 134 valence electrons. The van der Waals surface area contributed by atoms with Crippen molar-refractivity contribution in [1.82, 2.24) is 4.90 Å². The number of carbonyl (C=O) groups is 1. The normalized spacial score (nSPS) is 11.0. The van der Waals surface area contributed by atoms with Crippen LogP contribution in [0.5, 0.6) is 11.5 Å². The fraction of sp³-hybridized carbons (Fsp3) is 0.235. The van der Waals surface area contributed by atoms with Crippen LogP contribution in [-0.2, 0) is 6.54 Å². The second-order valence-corrected chi connectivity index (χ2v) is 5.35. The van der Waals surface area contributed by atoms with Gasteiger partial charge in [-0.3, -0.25) is 0 Å². The van der Waals surface area contributed by atoms with Gasteiger partial charge in [0.25, 0.3) is 0 Å². The van der Waals surface area contributed by atoms with Crippen LogP contribution in [0.25, 0.3) is 0 Å². The van der Waals surface area contributed by atoms with Gasteiger partial charge in [-0.25, -0.2) is 4.79 Å². The number of benzene rings is 2. The number of ether oxygens (including phenoxy) is 1. The Labute approximate surface area is 142 Å². The molecule has 2 aromatic rings. The summed E-state index contributed by atoms with van der Waals surface area (Å²) in [7, 11) is 1.53. The van der Waals surface area contributed by atoms with E-state index in [1.807, 2.05) is 0 Å². The number of hydrogen-bond acceptors (Lipinski definition) is 3. The molecule has 0 bridgehead atoms. The summed E-state index contributed by atoms with van der Waals surface area (Å²) in [4.78, 5) is 13.5. The number of phenols is 1. The maximum atomic E-state index is 12.2. The Bertz CT molecular complexity index is 735. The van der Waals surface area contributed by atoms with Gasteiger partial charge in [0.05, 0.1) is 6.54 Å². The molecule has 0 heterocycles. The van der Waals surface area contributed by atoms with Gasteiger partial charge in [0.15, 0.2) is 6.61 Å². The molecule has 2 aromatic carbocycles. The number of urea groups is 1. The molecule has 0 fully saturated rings. The van der Waals surface area contributed by atoms with E-state index in [-0.39, 0.29) is 18.0 Å². The maximum absolute atomic E-state index is 12.2. The maximum Gasteiger partial charge on any atom is 0.422 e. The molecule has 0 unspecified atom stereocenters. The second kappa shape index (κ2) is 7.78. The predicted octanol–water partition coefficient (Wildman–Crippen LogP) is 4.00. The van der Waals surface area contributed by atoms with Gasteiger partial charge in [-0.2, -0.15) is 13.2 Å². The molecule has 0 aliphatic rings. The molecule has 0 aliphatic heterocycles. The van der Waals surface area contributed by atoms with Gasteiger partial charge in [0, 0.05) is 24.4 Å². The first-order valence-corrected chi connectivity index (χ1v) is 7.33. The van der Waals surface area contributed by atoms with Crippen LogP contribution in [0.2, 0.25) is 0 Å². The smallest absolute Gasteiger partial charge is 0.422 e. The van der Waals surface area contributed by atoms with Crippen molar-refractivity contribution in [3.63, 3.8) is 0 Å². The van der Waals surface area contributed by atoms with Crippen molar-refractivity contribution in [2.45, 2.75) is 12.7 Å². The number of alkyl halides is 3. The van der Waals surface area contributed by atoms with Crippen molar-refractivity contribution in [3.8, 4) is 11.5 Å². The number of para-hydroxylation sites is 1. The standard InChI is InChI=1S/C17H17F3N2O3/c1-22(10-12-5-2-3-8-15(12)23)16(24)21-13-6-4-7-14(9-13)25-11-17(18,19)20/h2-9,23H,10-11H2,1H3,(H,21,24). The number of nitrogens with one attached hydrogen (secondary N) is 1. The average molecular weight is 354 g/mol. The third kappa shape index (κ3) is 5.91. The summed E-state index contributed by atoms with van der Waals surface area (Å²) in [6, 6.07) is 11.8. The molecule has 0 atom stereocenters. The summed E-state index contributed by atoms with van der Waals surface area (Å²) in [6.07, 6.45) is -4.43. The van der Waals surface area contributed by atoms with Gasteiger partial charge < -0.3 is 20.1 Å². The Balaban J connectivity index is 1.96. The Morgan fingerprint density at radius 1 is 1.20 bits per heavy atom. The molecule has 0 spiro atoms. The Hall–Kier alpha value is -2.90. The molecule has 0 saturated heterocycles. The highest BCUT2D eigenvalue weighted by atomic mass is 19.4. The molecule has 0 radical (unpaired) electrons. The average Bonchev–Trinajstić information content (AvgIpc) is 2.55. The van der Waals surface area contributed by atoms with Crippen LogP contribution in [0.1, 0.15) is 5.56 Å². The lowest BCUT2D eigenvalue weighted by Gasteiger charge is -2.19. The largest absolute Gasteiger partial charge is 0.508 e. The summed E-state index contributed by atoms with van der Waals surface area (Å²) in [5, 5.41) is 12.3. The van der Waals surface area contributed by atoms with Crippen LogP contribution in [0.15, 0.2) is 48.5 Å². The minimum atomic E-state index is -4.43. The highest BCUT2D eigenvalue weighted by molar-refractivity contribution is 5.89. The lowest BCUT2D eigenvalue weighted by atomic mass is 10.2. The molecule has 25 heavy (non-hydrogen) atoms. The van der Waals surface area contributed by atoms with Crippen molar-refractivity contribution >= 4 is 11.7 Å². The number of phenolic OH excluding ortho intramolecular Hbond substituents is 1. The number of anilines is 1. The first-order chi connectivity index (χ1) is 11.7. The van der Waals surface area contributed by atoms with Gasteiger partial charge in [-0.15, -0.1) is 0 Å². The molecular formula is C17H17F3N2O3. The molecule has 2 amide bonds. The van der Waals surface area contributed by atoms with Crippen molar-refractivity contribution in [1.29, 1.82) is 0 Å². The molecular weight excluding hydrogens is 337 g/mol. The monoisotopic (exact) mass is 354 g/mol. The molecule has 2 N–H and O–H groups in total. The SMILES string of the molecule is CN(Cc1ccccc1O)C(=O)Nc1cccc(OCC(F)(F)F)c1. The van der Waals surface area contributed by atoms with Crippen LogP contribution in [0, 0.1) is 0 Å². The van der Waals surface area contributed by atoms with Crippen LogP contribution >= 0.6 is 0 Å². The number of halogens is 3. The number of aromatic hydroxyl groups is 1. The number of carbonyl (C=O) groups excluding carboxylic acids is 1. The quantitative estimate of drug-likeness (QED) is 0.853. The van der Waals surface area contributed by atoms with E-state index >= 15 is 0 Å². The number of nitrogens with zero attached hydrogens (tertiary/aromatic N) is 1. The van der Waals surface area contributed by atoms with Gasteiger partial charge in [0.2, 0.25) is 0 Å². The predicted molar refractivity (Wildman–Crippen MR) is 86.6 cm³/mol. The highest BCUT2D eigenvalue weighted by Crippen LogP contribution is 2.22. The Kier molecular flexibility index (Phi) is 5.74. The van der Waals surface area contributed by atoms with Crippen LogP contribution < -0.4 is 10.1 Å². The lowest BCUT2D eigenvalue weighted by Crippen LogP contribution is -2.30. The van der Waals surface area contributed by atoms with Crippen LogP contribution in [-0.4, -0.2) is 35.9 Å². The van der Waals surface area contributed by atoms with E-state index in [4.69, 9.17) is 0 Å². The zero-order valence-electron chi connectivity index (χ0n) is 13.4. The molecule has 8 heteroatoms. The topological polar surface area (TPSA) is 61.8 Å². The van der Waals surface area contributed by atoms with Crippen molar-refractivity contribution in [3.05, 3.63) is 54.1 Å². The van der Waals surface area contributed by atoms with E-state index in [1.54, 1.807) is 18.2 Å². The molecule has 0 aliphatic carbocycles. The van der Waals surface area contributed by atoms with Crippen LogP contribution in [0.3, 0.4) is 0 Å². The lowest BCUT2D eigenvalue weighted by molar-refractivity contribution is -0.153. The summed E-state index contributed by atoms with van der Waals surface area (Å²) in [5.41, 5.74) is 0.871. The Morgan fingerprint density at radius 3 is 2.60 bits per heavy atom. The third-order valence-electron chi connectivity index (χ3n) is 3.23. The van der Waals surface area contributed by atoms with E-state index in [9.17, 15) is 23.1 Å². The summed E-state index contributed by atoms with van der Waals surface area (Å²) < 4.78 is 41.2. The van der Waals surface area contributed by atoms with Gasteiger partial charge in [0.1, 0.15) is 11.5 Å². The van der Waals surface area contributed by atoms with Crippen molar-refractivity contribution in [2.75, 3.05) is 19.0 Å². The van der Waals surface area contributed by atoms with E-state index in [0.29, 0.717) is 11.3 Å². The molecule has 5 nitrogen and oxygen atoms in total. The number of hydrogen-bond donors (Lipinski definition) is 2. The van der Waals surface area contributed by atoms with E-state index in [0.717, 1.165) is 0 Å². The molecule has 2 rings (SSSR count). The highest BCUT2D eigenvalue weighted by Gasteiger charge is 2.28. The fourth-order valence-corrected chi connectivity index (χ4v) is 2.02. The third-order valence-corrected chi connectivity index (χ3v) is 3.23. The molecule has 0 aromatic heterocycles. The summed E-state index contributed by atoms with van der Waals surface area (Å²) in [6.45, 7) is -1.24. The van der Waals surface area contributed by atoms with Gasteiger partial charge >= 0.3 is 12.2 Å². The summed E-state index contributed by atoms with van der Waals surface area (Å²) >= 11 is 0. The van der Waals surface area contributed by atoms with Gasteiger partial charge in [-0.05, 0) is 18.2 Å². The molecule has 0 saturated carbocycles. The number of amides is 2. The van der Waals surface area contributed by atoms with Crippen molar-refractivity contribution < 1.29 is 27.8 Å². The summed E-state index contributed by atoms with van der Waals surface area (Å²) in [5.74, 6) is 0.0724. The fourth-order valence-electron chi connectivity index (χ4n) is 2.02.